The third-order valence-corrected chi connectivity index (χ3v) is 5.63. The zero-order chi connectivity index (χ0) is 24.4. The number of fused-ring (bicyclic) bond motifs is 1. The van der Waals surface area contributed by atoms with Crippen molar-refractivity contribution in [2.75, 3.05) is 36.5 Å². The Morgan fingerprint density at radius 3 is 2.46 bits per heavy atom. The van der Waals surface area contributed by atoms with Crippen LogP contribution in [0, 0.1) is 11.6 Å². The van der Waals surface area contributed by atoms with Gasteiger partial charge in [-0.2, -0.15) is 0 Å². The van der Waals surface area contributed by atoms with Crippen LogP contribution < -0.4 is 10.2 Å². The van der Waals surface area contributed by atoms with E-state index in [1.54, 1.807) is 24.4 Å². The largest absolute Gasteiger partial charge is 0.378 e. The predicted octanol–water partition coefficient (Wildman–Crippen LogP) is 4.23. The van der Waals surface area contributed by atoms with E-state index in [0.717, 1.165) is 18.2 Å². The third-order valence-electron chi connectivity index (χ3n) is 5.63. The molecule has 1 aliphatic rings. The molecule has 0 radical (unpaired) electrons. The Morgan fingerprint density at radius 1 is 0.857 bits per heavy atom. The van der Waals surface area contributed by atoms with Gasteiger partial charge in [0.05, 0.1) is 30.4 Å². The van der Waals surface area contributed by atoms with Gasteiger partial charge in [0, 0.05) is 35.5 Å². The number of halogens is 2. The van der Waals surface area contributed by atoms with Crippen molar-refractivity contribution in [2.45, 2.75) is 0 Å². The lowest BCUT2D eigenvalue weighted by atomic mass is 10.0. The van der Waals surface area contributed by atoms with E-state index in [-0.39, 0.29) is 16.8 Å². The highest BCUT2D eigenvalue weighted by Gasteiger charge is 2.17. The Kier molecular flexibility index (Phi) is 6.15. The van der Waals surface area contributed by atoms with Crippen molar-refractivity contribution < 1.29 is 23.1 Å². The minimum absolute atomic E-state index is 0.0520. The van der Waals surface area contributed by atoms with Crippen LogP contribution in [0.3, 0.4) is 0 Å². The number of amides is 1. The number of carbonyl (C=O) groups is 2. The van der Waals surface area contributed by atoms with Gasteiger partial charge < -0.3 is 15.0 Å². The quantitative estimate of drug-likeness (QED) is 0.436. The molecule has 2 heterocycles. The number of morpholine rings is 1. The SMILES string of the molecule is O=C(Nc1cc(F)cc(C(=O)c2ccc3ncc(N4CCOCC4)nc3c2)c1)c1cccc(F)c1. The molecule has 9 heteroatoms. The van der Waals surface area contributed by atoms with E-state index in [4.69, 9.17) is 4.74 Å². The lowest BCUT2D eigenvalue weighted by molar-refractivity contribution is 0.102. The third kappa shape index (κ3) is 4.99. The summed E-state index contributed by atoms with van der Waals surface area (Å²) in [5.41, 5.74) is 1.68. The fraction of sp³-hybridized carbons (Fsp3) is 0.154. The summed E-state index contributed by atoms with van der Waals surface area (Å²) < 4.78 is 33.1. The number of anilines is 2. The van der Waals surface area contributed by atoms with E-state index in [1.165, 1.54) is 24.3 Å². The summed E-state index contributed by atoms with van der Waals surface area (Å²) in [5, 5.41) is 2.51. The number of aromatic nitrogens is 2. The first-order valence-corrected chi connectivity index (χ1v) is 11.0. The Morgan fingerprint density at radius 2 is 1.66 bits per heavy atom. The molecule has 0 bridgehead atoms. The van der Waals surface area contributed by atoms with Gasteiger partial charge in [-0.15, -0.1) is 0 Å². The molecule has 4 aromatic rings. The van der Waals surface area contributed by atoms with Crippen LogP contribution in [-0.2, 0) is 4.74 Å². The lowest BCUT2D eigenvalue weighted by Gasteiger charge is -2.27. The Hall–Kier alpha value is -4.24. The van der Waals surface area contributed by atoms with E-state index in [0.29, 0.717) is 48.7 Å². The summed E-state index contributed by atoms with van der Waals surface area (Å²) in [6.07, 6.45) is 1.69. The number of benzene rings is 3. The number of hydrogen-bond donors (Lipinski definition) is 1. The summed E-state index contributed by atoms with van der Waals surface area (Å²) in [6.45, 7) is 2.62. The van der Waals surface area contributed by atoms with Crippen molar-refractivity contribution in [2.24, 2.45) is 0 Å². The summed E-state index contributed by atoms with van der Waals surface area (Å²) in [4.78, 5) is 36.7. The van der Waals surface area contributed by atoms with Crippen LogP contribution in [0.15, 0.2) is 66.9 Å². The summed E-state index contributed by atoms with van der Waals surface area (Å²) in [7, 11) is 0. The standard InChI is InChI=1S/C26H20F2N4O3/c27-19-3-1-2-17(10-19)26(34)30-21-12-18(11-20(28)14-21)25(33)16-4-5-22-23(13-16)31-24(15-29-22)32-6-8-35-9-7-32/h1-5,10-15H,6-9H2,(H,30,34). The van der Waals surface area contributed by atoms with Gasteiger partial charge in [-0.3, -0.25) is 14.6 Å². The maximum Gasteiger partial charge on any atom is 0.255 e. The minimum atomic E-state index is -0.694. The van der Waals surface area contributed by atoms with Crippen molar-refractivity contribution in [3.05, 3.63) is 95.2 Å². The molecule has 1 saturated heterocycles. The van der Waals surface area contributed by atoms with Gasteiger partial charge in [-0.25, -0.2) is 13.8 Å². The fourth-order valence-electron chi connectivity index (χ4n) is 3.88. The van der Waals surface area contributed by atoms with Gasteiger partial charge >= 0.3 is 0 Å². The first kappa shape index (κ1) is 22.5. The van der Waals surface area contributed by atoms with Gasteiger partial charge in [0.25, 0.3) is 5.91 Å². The highest BCUT2D eigenvalue weighted by atomic mass is 19.1. The van der Waals surface area contributed by atoms with E-state index >= 15 is 0 Å². The topological polar surface area (TPSA) is 84.4 Å². The van der Waals surface area contributed by atoms with E-state index < -0.39 is 23.3 Å². The summed E-state index contributed by atoms with van der Waals surface area (Å²) in [5.74, 6) is -1.63. The second kappa shape index (κ2) is 9.55. The highest BCUT2D eigenvalue weighted by molar-refractivity contribution is 6.11. The number of carbonyl (C=O) groups excluding carboxylic acids is 2. The number of nitrogens with one attached hydrogen (secondary N) is 1. The van der Waals surface area contributed by atoms with Gasteiger partial charge in [-0.05, 0) is 54.6 Å². The van der Waals surface area contributed by atoms with Crippen LogP contribution in [0.4, 0.5) is 20.3 Å². The first-order chi connectivity index (χ1) is 17.0. The molecule has 0 aliphatic carbocycles. The van der Waals surface area contributed by atoms with E-state index in [1.807, 2.05) is 0 Å². The van der Waals surface area contributed by atoms with Crippen LogP contribution in [-0.4, -0.2) is 48.0 Å². The molecule has 3 aromatic carbocycles. The molecule has 5 rings (SSSR count). The van der Waals surface area contributed by atoms with Gasteiger partial charge in [0.1, 0.15) is 17.5 Å². The zero-order valence-electron chi connectivity index (χ0n) is 18.5. The number of rotatable bonds is 5. The molecule has 7 nitrogen and oxygen atoms in total. The fourth-order valence-corrected chi connectivity index (χ4v) is 3.88. The molecule has 0 unspecified atom stereocenters. The van der Waals surface area contributed by atoms with Gasteiger partial charge in [0.15, 0.2) is 5.78 Å². The number of ketones is 1. The number of hydrogen-bond acceptors (Lipinski definition) is 6. The molecule has 1 amide bonds. The smallest absolute Gasteiger partial charge is 0.255 e. The van der Waals surface area contributed by atoms with E-state index in [2.05, 4.69) is 20.2 Å². The maximum absolute atomic E-state index is 14.3. The monoisotopic (exact) mass is 474 g/mol. The highest BCUT2D eigenvalue weighted by Crippen LogP contribution is 2.22. The molecule has 1 aliphatic heterocycles. The van der Waals surface area contributed by atoms with Crippen LogP contribution in [0.1, 0.15) is 26.3 Å². The Labute approximate surface area is 199 Å². The van der Waals surface area contributed by atoms with Gasteiger partial charge in [0.2, 0.25) is 0 Å². The first-order valence-electron chi connectivity index (χ1n) is 11.0. The zero-order valence-corrected chi connectivity index (χ0v) is 18.5. The predicted molar refractivity (Wildman–Crippen MR) is 127 cm³/mol. The second-order valence-corrected chi connectivity index (χ2v) is 8.05. The van der Waals surface area contributed by atoms with Crippen molar-refractivity contribution in [1.29, 1.82) is 0 Å². The second-order valence-electron chi connectivity index (χ2n) is 8.05. The molecule has 0 spiro atoms. The average molecular weight is 474 g/mol. The van der Waals surface area contributed by atoms with Crippen molar-refractivity contribution in [1.82, 2.24) is 9.97 Å². The van der Waals surface area contributed by atoms with Crippen molar-refractivity contribution >= 4 is 34.2 Å². The van der Waals surface area contributed by atoms with E-state index in [9.17, 15) is 18.4 Å². The molecular formula is C26H20F2N4O3. The number of ether oxygens (including phenoxy) is 1. The Balaban J connectivity index is 1.41. The lowest BCUT2D eigenvalue weighted by Crippen LogP contribution is -2.36. The van der Waals surface area contributed by atoms with Crippen molar-refractivity contribution in [3.8, 4) is 0 Å². The molecule has 1 aromatic heterocycles. The van der Waals surface area contributed by atoms with Crippen LogP contribution in [0.2, 0.25) is 0 Å². The summed E-state index contributed by atoms with van der Waals surface area (Å²) >= 11 is 0. The maximum atomic E-state index is 14.3. The van der Waals surface area contributed by atoms with Crippen LogP contribution in [0.25, 0.3) is 11.0 Å². The molecule has 0 atom stereocenters. The normalized spacial score (nSPS) is 13.6. The molecular weight excluding hydrogens is 454 g/mol. The average Bonchev–Trinajstić information content (AvgIpc) is 2.87. The van der Waals surface area contributed by atoms with Crippen LogP contribution >= 0.6 is 0 Å². The molecule has 1 N–H and O–H groups in total. The van der Waals surface area contributed by atoms with Crippen molar-refractivity contribution in [3.63, 3.8) is 0 Å². The molecule has 176 valence electrons. The molecule has 35 heavy (non-hydrogen) atoms. The molecule has 1 fully saturated rings. The molecule has 0 saturated carbocycles. The minimum Gasteiger partial charge on any atom is -0.378 e. The summed E-state index contributed by atoms with van der Waals surface area (Å²) in [6, 6.07) is 13.6. The Bertz CT molecular complexity index is 1440. The van der Waals surface area contributed by atoms with Crippen LogP contribution in [0.5, 0.6) is 0 Å². The van der Waals surface area contributed by atoms with Gasteiger partial charge in [-0.1, -0.05) is 6.07 Å². The number of nitrogens with zero attached hydrogens (tertiary/aromatic N) is 3.